The smallest absolute Gasteiger partial charge is 0.0596 e. The van der Waals surface area contributed by atoms with E-state index >= 15 is 0 Å². The third kappa shape index (κ3) is 8.47. The Hall–Kier alpha value is -0.520. The van der Waals surface area contributed by atoms with E-state index < -0.39 is 0 Å². The zero-order valence-corrected chi connectivity index (χ0v) is 10.9. The fourth-order valence-corrected chi connectivity index (χ4v) is 1.70. The maximum atomic E-state index is 5.28. The predicted octanol–water partition coefficient (Wildman–Crippen LogP) is 1.82. The SMILES string of the molecule is C#CCN(C)CC(C)(C)CNCC(C)C. The van der Waals surface area contributed by atoms with E-state index in [1.165, 1.54) is 0 Å². The molecule has 0 saturated heterocycles. The van der Waals surface area contributed by atoms with Gasteiger partial charge in [0.2, 0.25) is 0 Å². The zero-order valence-electron chi connectivity index (χ0n) is 10.9. The molecule has 0 bridgehead atoms. The van der Waals surface area contributed by atoms with E-state index in [9.17, 15) is 0 Å². The molecule has 0 atom stereocenters. The normalized spacial score (nSPS) is 12.1. The highest BCUT2D eigenvalue weighted by atomic mass is 15.1. The van der Waals surface area contributed by atoms with Gasteiger partial charge in [-0.15, -0.1) is 6.42 Å². The monoisotopic (exact) mass is 210 g/mol. The van der Waals surface area contributed by atoms with E-state index in [0.717, 1.165) is 26.2 Å². The van der Waals surface area contributed by atoms with Gasteiger partial charge in [0, 0.05) is 13.1 Å². The van der Waals surface area contributed by atoms with Crippen molar-refractivity contribution in [1.29, 1.82) is 0 Å². The highest BCUT2D eigenvalue weighted by Crippen LogP contribution is 2.14. The van der Waals surface area contributed by atoms with Gasteiger partial charge >= 0.3 is 0 Å². The second kappa shape index (κ2) is 6.87. The van der Waals surface area contributed by atoms with Crippen LogP contribution in [0.15, 0.2) is 0 Å². The number of terminal acetylenes is 1. The molecule has 2 nitrogen and oxygen atoms in total. The number of rotatable bonds is 7. The molecule has 0 aliphatic heterocycles. The molecule has 15 heavy (non-hydrogen) atoms. The van der Waals surface area contributed by atoms with Crippen molar-refractivity contribution in [2.24, 2.45) is 11.3 Å². The van der Waals surface area contributed by atoms with Gasteiger partial charge in [0.05, 0.1) is 6.54 Å². The predicted molar refractivity (Wildman–Crippen MR) is 67.8 cm³/mol. The Morgan fingerprint density at radius 2 is 2.00 bits per heavy atom. The van der Waals surface area contributed by atoms with Crippen LogP contribution >= 0.6 is 0 Å². The van der Waals surface area contributed by atoms with Crippen LogP contribution in [0.3, 0.4) is 0 Å². The van der Waals surface area contributed by atoms with Crippen LogP contribution in [0.4, 0.5) is 0 Å². The molecule has 0 saturated carbocycles. The van der Waals surface area contributed by atoms with Crippen molar-refractivity contribution in [3.8, 4) is 12.3 Å². The number of hydrogen-bond donors (Lipinski definition) is 1. The molecule has 0 fully saturated rings. The molecule has 0 unspecified atom stereocenters. The molecular weight excluding hydrogens is 184 g/mol. The van der Waals surface area contributed by atoms with Crippen LogP contribution in [-0.2, 0) is 0 Å². The maximum Gasteiger partial charge on any atom is 0.0596 e. The maximum absolute atomic E-state index is 5.28. The summed E-state index contributed by atoms with van der Waals surface area (Å²) in [5, 5.41) is 3.49. The average molecular weight is 210 g/mol. The van der Waals surface area contributed by atoms with Crippen molar-refractivity contribution in [3.05, 3.63) is 0 Å². The molecule has 0 rings (SSSR count). The first kappa shape index (κ1) is 14.5. The van der Waals surface area contributed by atoms with Crippen molar-refractivity contribution in [1.82, 2.24) is 10.2 Å². The lowest BCUT2D eigenvalue weighted by molar-refractivity contribution is 0.218. The fraction of sp³-hybridized carbons (Fsp3) is 0.846. The molecule has 88 valence electrons. The van der Waals surface area contributed by atoms with Crippen molar-refractivity contribution in [3.63, 3.8) is 0 Å². The first-order chi connectivity index (χ1) is 6.87. The third-order valence-corrected chi connectivity index (χ3v) is 2.22. The van der Waals surface area contributed by atoms with E-state index in [1.807, 2.05) is 0 Å². The minimum atomic E-state index is 0.278. The van der Waals surface area contributed by atoms with Gasteiger partial charge in [0.15, 0.2) is 0 Å². The number of hydrogen-bond acceptors (Lipinski definition) is 2. The van der Waals surface area contributed by atoms with Crippen LogP contribution in [0.25, 0.3) is 0 Å². The van der Waals surface area contributed by atoms with E-state index in [4.69, 9.17) is 6.42 Å². The van der Waals surface area contributed by atoms with Crippen molar-refractivity contribution in [2.45, 2.75) is 27.7 Å². The second-order valence-electron chi connectivity index (χ2n) is 5.57. The van der Waals surface area contributed by atoms with Gasteiger partial charge in [-0.3, -0.25) is 4.90 Å². The van der Waals surface area contributed by atoms with Gasteiger partial charge in [0.25, 0.3) is 0 Å². The van der Waals surface area contributed by atoms with Crippen LogP contribution in [-0.4, -0.2) is 38.1 Å². The molecular formula is C13H26N2. The van der Waals surface area contributed by atoms with Crippen LogP contribution < -0.4 is 5.32 Å². The highest BCUT2D eigenvalue weighted by Gasteiger charge is 2.19. The topological polar surface area (TPSA) is 15.3 Å². The number of nitrogens with zero attached hydrogens (tertiary/aromatic N) is 1. The van der Waals surface area contributed by atoms with E-state index in [1.54, 1.807) is 0 Å². The standard InChI is InChI=1S/C13H26N2/c1-7-8-15(6)11-13(4,5)10-14-9-12(2)3/h1,12,14H,8-11H2,2-6H3. The molecule has 1 N–H and O–H groups in total. The zero-order chi connectivity index (χ0) is 11.9. The van der Waals surface area contributed by atoms with Gasteiger partial charge < -0.3 is 5.32 Å². The van der Waals surface area contributed by atoms with Crippen LogP contribution in [0.5, 0.6) is 0 Å². The van der Waals surface area contributed by atoms with Crippen LogP contribution in [0.1, 0.15) is 27.7 Å². The van der Waals surface area contributed by atoms with Crippen molar-refractivity contribution < 1.29 is 0 Å². The summed E-state index contributed by atoms with van der Waals surface area (Å²) in [6.45, 7) is 12.9. The molecule has 0 amide bonds. The van der Waals surface area contributed by atoms with Gasteiger partial charge in [-0.1, -0.05) is 33.6 Å². The van der Waals surface area contributed by atoms with Crippen molar-refractivity contribution in [2.75, 3.05) is 33.2 Å². The van der Waals surface area contributed by atoms with E-state index in [2.05, 4.69) is 50.9 Å². The van der Waals surface area contributed by atoms with Gasteiger partial charge in [-0.2, -0.15) is 0 Å². The van der Waals surface area contributed by atoms with Crippen LogP contribution in [0, 0.1) is 23.7 Å². The van der Waals surface area contributed by atoms with E-state index in [-0.39, 0.29) is 5.41 Å². The minimum absolute atomic E-state index is 0.278. The second-order valence-corrected chi connectivity index (χ2v) is 5.57. The Morgan fingerprint density at radius 3 is 2.47 bits per heavy atom. The van der Waals surface area contributed by atoms with Gasteiger partial charge in [0.1, 0.15) is 0 Å². The summed E-state index contributed by atoms with van der Waals surface area (Å²) in [6.07, 6.45) is 5.28. The molecule has 2 heteroatoms. The molecule has 0 aromatic rings. The molecule has 0 aliphatic carbocycles. The Kier molecular flexibility index (Phi) is 6.63. The minimum Gasteiger partial charge on any atom is -0.316 e. The summed E-state index contributed by atoms with van der Waals surface area (Å²) in [6, 6.07) is 0. The molecule has 0 heterocycles. The van der Waals surface area contributed by atoms with Gasteiger partial charge in [-0.25, -0.2) is 0 Å². The molecule has 0 aliphatic rings. The molecule has 0 radical (unpaired) electrons. The largest absolute Gasteiger partial charge is 0.316 e. The fourth-order valence-electron chi connectivity index (χ4n) is 1.70. The third-order valence-electron chi connectivity index (χ3n) is 2.22. The Bertz CT molecular complexity index is 201. The van der Waals surface area contributed by atoms with Crippen molar-refractivity contribution >= 4 is 0 Å². The molecule has 0 spiro atoms. The summed E-state index contributed by atoms with van der Waals surface area (Å²) in [5.74, 6) is 3.38. The lowest BCUT2D eigenvalue weighted by atomic mass is 9.92. The summed E-state index contributed by atoms with van der Waals surface area (Å²) in [5.41, 5.74) is 0.278. The average Bonchev–Trinajstić information content (AvgIpc) is 2.01. The lowest BCUT2D eigenvalue weighted by Gasteiger charge is -2.30. The number of nitrogens with one attached hydrogen (secondary N) is 1. The molecule has 0 aromatic carbocycles. The molecule has 0 aromatic heterocycles. The Morgan fingerprint density at radius 1 is 1.40 bits per heavy atom. The van der Waals surface area contributed by atoms with Gasteiger partial charge in [-0.05, 0) is 24.9 Å². The Labute approximate surface area is 95.4 Å². The quantitative estimate of drug-likeness (QED) is 0.645. The summed E-state index contributed by atoms with van der Waals surface area (Å²) in [4.78, 5) is 2.19. The Balaban J connectivity index is 3.81. The summed E-state index contributed by atoms with van der Waals surface area (Å²) >= 11 is 0. The van der Waals surface area contributed by atoms with Crippen LogP contribution in [0.2, 0.25) is 0 Å². The summed E-state index contributed by atoms with van der Waals surface area (Å²) in [7, 11) is 2.07. The lowest BCUT2D eigenvalue weighted by Crippen LogP contribution is -2.40. The first-order valence-electron chi connectivity index (χ1n) is 5.70. The highest BCUT2D eigenvalue weighted by molar-refractivity contribution is 4.88. The van der Waals surface area contributed by atoms with E-state index in [0.29, 0.717) is 5.92 Å². The summed E-state index contributed by atoms with van der Waals surface area (Å²) < 4.78 is 0. The first-order valence-corrected chi connectivity index (χ1v) is 5.70.